The molecule has 1 unspecified atom stereocenters. The van der Waals surface area contributed by atoms with Crippen molar-refractivity contribution >= 4 is 0 Å². The standard InChI is InChI=1S/C10H15NO/c1-3-10(2,8-11)7-9-5-4-6-12-9/h3-6H,1,7-8,11H2,2H3. The third-order valence-electron chi connectivity index (χ3n) is 2.12. The molecule has 0 aliphatic rings. The van der Waals surface area contributed by atoms with Crippen molar-refractivity contribution in [2.45, 2.75) is 13.3 Å². The maximum atomic E-state index is 5.62. The molecule has 1 rings (SSSR count). The van der Waals surface area contributed by atoms with Gasteiger partial charge in [0.05, 0.1) is 6.26 Å². The van der Waals surface area contributed by atoms with Crippen molar-refractivity contribution in [3.8, 4) is 0 Å². The van der Waals surface area contributed by atoms with Crippen LogP contribution in [0.4, 0.5) is 0 Å². The summed E-state index contributed by atoms with van der Waals surface area (Å²) in [6, 6.07) is 3.84. The van der Waals surface area contributed by atoms with E-state index in [9.17, 15) is 0 Å². The lowest BCUT2D eigenvalue weighted by atomic mass is 9.86. The third-order valence-corrected chi connectivity index (χ3v) is 2.12. The quantitative estimate of drug-likeness (QED) is 0.693. The molecule has 0 aromatic carbocycles. The van der Waals surface area contributed by atoms with Crippen LogP contribution in [-0.2, 0) is 6.42 Å². The molecular weight excluding hydrogens is 150 g/mol. The Labute approximate surface area is 73.1 Å². The summed E-state index contributed by atoms with van der Waals surface area (Å²) < 4.78 is 5.23. The Kier molecular flexibility index (Phi) is 2.71. The number of hydrogen-bond acceptors (Lipinski definition) is 2. The zero-order chi connectivity index (χ0) is 9.03. The molecule has 0 radical (unpaired) electrons. The van der Waals surface area contributed by atoms with E-state index in [4.69, 9.17) is 10.2 Å². The normalized spacial score (nSPS) is 15.5. The van der Waals surface area contributed by atoms with Gasteiger partial charge in [-0.15, -0.1) is 6.58 Å². The van der Waals surface area contributed by atoms with Crippen molar-refractivity contribution in [2.75, 3.05) is 6.54 Å². The van der Waals surface area contributed by atoms with E-state index >= 15 is 0 Å². The van der Waals surface area contributed by atoms with Crippen molar-refractivity contribution in [1.82, 2.24) is 0 Å². The first kappa shape index (κ1) is 9.07. The molecule has 0 aliphatic heterocycles. The summed E-state index contributed by atoms with van der Waals surface area (Å²) in [6.45, 7) is 6.43. The molecule has 1 aromatic heterocycles. The van der Waals surface area contributed by atoms with Crippen molar-refractivity contribution in [3.63, 3.8) is 0 Å². The lowest BCUT2D eigenvalue weighted by Gasteiger charge is -2.21. The van der Waals surface area contributed by atoms with Gasteiger partial charge in [0.1, 0.15) is 5.76 Å². The minimum absolute atomic E-state index is 0.0438. The van der Waals surface area contributed by atoms with Crippen LogP contribution >= 0.6 is 0 Å². The predicted molar refractivity (Wildman–Crippen MR) is 49.8 cm³/mol. The molecule has 66 valence electrons. The van der Waals surface area contributed by atoms with E-state index < -0.39 is 0 Å². The molecular formula is C10H15NO. The first-order valence-corrected chi connectivity index (χ1v) is 4.06. The fraction of sp³-hybridized carbons (Fsp3) is 0.400. The topological polar surface area (TPSA) is 39.2 Å². The highest BCUT2D eigenvalue weighted by molar-refractivity contribution is 5.06. The molecule has 0 saturated carbocycles. The Hall–Kier alpha value is -1.02. The van der Waals surface area contributed by atoms with E-state index in [2.05, 4.69) is 13.5 Å². The van der Waals surface area contributed by atoms with E-state index in [1.165, 1.54) is 0 Å². The van der Waals surface area contributed by atoms with Gasteiger partial charge in [-0.1, -0.05) is 13.0 Å². The van der Waals surface area contributed by atoms with Gasteiger partial charge in [-0.2, -0.15) is 0 Å². The SMILES string of the molecule is C=CC(C)(CN)Cc1ccco1. The maximum absolute atomic E-state index is 5.62. The number of hydrogen-bond donors (Lipinski definition) is 1. The minimum atomic E-state index is -0.0438. The Morgan fingerprint density at radius 3 is 2.92 bits per heavy atom. The van der Waals surface area contributed by atoms with Gasteiger partial charge in [0.2, 0.25) is 0 Å². The summed E-state index contributed by atoms with van der Waals surface area (Å²) in [5.74, 6) is 0.961. The van der Waals surface area contributed by atoms with Crippen molar-refractivity contribution in [3.05, 3.63) is 36.8 Å². The molecule has 2 N–H and O–H groups in total. The van der Waals surface area contributed by atoms with Gasteiger partial charge in [-0.25, -0.2) is 0 Å². The highest BCUT2D eigenvalue weighted by atomic mass is 16.3. The van der Waals surface area contributed by atoms with Crippen molar-refractivity contribution in [2.24, 2.45) is 11.1 Å². The second-order valence-corrected chi connectivity index (χ2v) is 3.32. The third kappa shape index (κ3) is 1.98. The van der Waals surface area contributed by atoms with Crippen LogP contribution in [-0.4, -0.2) is 6.54 Å². The van der Waals surface area contributed by atoms with Crippen LogP contribution in [0, 0.1) is 5.41 Å². The fourth-order valence-corrected chi connectivity index (χ4v) is 1.04. The summed E-state index contributed by atoms with van der Waals surface area (Å²) in [4.78, 5) is 0. The van der Waals surface area contributed by atoms with Crippen LogP contribution < -0.4 is 5.73 Å². The number of nitrogens with two attached hydrogens (primary N) is 1. The molecule has 2 nitrogen and oxygen atoms in total. The first-order valence-electron chi connectivity index (χ1n) is 4.06. The monoisotopic (exact) mass is 165 g/mol. The summed E-state index contributed by atoms with van der Waals surface area (Å²) in [7, 11) is 0. The van der Waals surface area contributed by atoms with Crippen LogP contribution in [0.25, 0.3) is 0 Å². The van der Waals surface area contributed by atoms with Crippen molar-refractivity contribution < 1.29 is 4.42 Å². The molecule has 0 saturated heterocycles. The second-order valence-electron chi connectivity index (χ2n) is 3.32. The molecule has 1 atom stereocenters. The van der Waals surface area contributed by atoms with Crippen LogP contribution in [0.1, 0.15) is 12.7 Å². The van der Waals surface area contributed by atoms with E-state index in [0.717, 1.165) is 12.2 Å². The van der Waals surface area contributed by atoms with E-state index in [1.54, 1.807) is 6.26 Å². The highest BCUT2D eigenvalue weighted by Crippen LogP contribution is 2.22. The van der Waals surface area contributed by atoms with Crippen LogP contribution in [0.5, 0.6) is 0 Å². The molecule has 0 spiro atoms. The predicted octanol–water partition coefficient (Wildman–Crippen LogP) is 1.97. The molecule has 0 aliphatic carbocycles. The van der Waals surface area contributed by atoms with E-state index in [-0.39, 0.29) is 5.41 Å². The lowest BCUT2D eigenvalue weighted by Crippen LogP contribution is -2.26. The fourth-order valence-electron chi connectivity index (χ4n) is 1.04. The maximum Gasteiger partial charge on any atom is 0.104 e. The average molecular weight is 165 g/mol. The summed E-state index contributed by atoms with van der Waals surface area (Å²) in [5.41, 5.74) is 5.58. The van der Waals surface area contributed by atoms with Crippen LogP contribution in [0.15, 0.2) is 35.5 Å². The number of furan rings is 1. The summed E-state index contributed by atoms with van der Waals surface area (Å²) >= 11 is 0. The molecule has 0 bridgehead atoms. The van der Waals surface area contributed by atoms with Gasteiger partial charge in [-0.05, 0) is 12.1 Å². The minimum Gasteiger partial charge on any atom is -0.469 e. The molecule has 1 heterocycles. The van der Waals surface area contributed by atoms with E-state index in [0.29, 0.717) is 6.54 Å². The van der Waals surface area contributed by atoms with Gasteiger partial charge in [0, 0.05) is 18.4 Å². The van der Waals surface area contributed by atoms with Gasteiger partial charge >= 0.3 is 0 Å². The second kappa shape index (κ2) is 3.59. The Bertz CT molecular complexity index is 240. The Morgan fingerprint density at radius 2 is 2.50 bits per heavy atom. The van der Waals surface area contributed by atoms with Crippen LogP contribution in [0.3, 0.4) is 0 Å². The highest BCUT2D eigenvalue weighted by Gasteiger charge is 2.19. The van der Waals surface area contributed by atoms with Crippen molar-refractivity contribution in [1.29, 1.82) is 0 Å². The van der Waals surface area contributed by atoms with Gasteiger partial charge in [0.25, 0.3) is 0 Å². The molecule has 0 fully saturated rings. The van der Waals surface area contributed by atoms with E-state index in [1.807, 2.05) is 18.2 Å². The average Bonchev–Trinajstić information content (AvgIpc) is 2.57. The molecule has 12 heavy (non-hydrogen) atoms. The van der Waals surface area contributed by atoms with Crippen LogP contribution in [0.2, 0.25) is 0 Å². The first-order chi connectivity index (χ1) is 5.70. The molecule has 0 amide bonds. The zero-order valence-electron chi connectivity index (χ0n) is 7.42. The van der Waals surface area contributed by atoms with Gasteiger partial charge < -0.3 is 10.2 Å². The smallest absolute Gasteiger partial charge is 0.104 e. The Morgan fingerprint density at radius 1 is 1.75 bits per heavy atom. The lowest BCUT2D eigenvalue weighted by molar-refractivity contribution is 0.384. The van der Waals surface area contributed by atoms with Gasteiger partial charge in [0.15, 0.2) is 0 Å². The molecule has 2 heteroatoms. The number of rotatable bonds is 4. The molecule has 1 aromatic rings. The van der Waals surface area contributed by atoms with Gasteiger partial charge in [-0.3, -0.25) is 0 Å². The summed E-state index contributed by atoms with van der Waals surface area (Å²) in [6.07, 6.45) is 4.38. The summed E-state index contributed by atoms with van der Waals surface area (Å²) in [5, 5.41) is 0. The largest absolute Gasteiger partial charge is 0.469 e. The zero-order valence-corrected chi connectivity index (χ0v) is 7.42. The Balaban J connectivity index is 2.66.